The lowest BCUT2D eigenvalue weighted by Gasteiger charge is -2.43. The van der Waals surface area contributed by atoms with E-state index < -0.39 is 0 Å². The average Bonchev–Trinajstić information content (AvgIpc) is 2.74. The van der Waals surface area contributed by atoms with Crippen molar-refractivity contribution in [2.75, 3.05) is 51.2 Å². The summed E-state index contributed by atoms with van der Waals surface area (Å²) in [7, 11) is 1.79. The van der Waals surface area contributed by atoms with Gasteiger partial charge in [-0.1, -0.05) is 20.3 Å². The lowest BCUT2D eigenvalue weighted by atomic mass is 9.64. The zero-order chi connectivity index (χ0) is 21.4. The standard InChI is InChI=1S/C22H37N7O.HI/c1-18(2)16-22(7-4-8-22)17-27-20(23-3)24-11-6-19(30)28-12-14-29(15-13-28)21-25-9-5-10-26-21;/h5,9-10,18H,4,6-8,11-17H2,1-3H3,(H2,23,24,27);1H. The molecular weight excluding hydrogens is 505 g/mol. The van der Waals surface area contributed by atoms with Crippen molar-refractivity contribution in [3.05, 3.63) is 18.5 Å². The molecule has 2 fully saturated rings. The van der Waals surface area contributed by atoms with E-state index in [1.807, 2.05) is 11.0 Å². The summed E-state index contributed by atoms with van der Waals surface area (Å²) in [6, 6.07) is 1.81. The van der Waals surface area contributed by atoms with E-state index in [1.165, 1.54) is 25.7 Å². The molecule has 9 heteroatoms. The number of carbonyl (C=O) groups excluding carboxylic acids is 1. The van der Waals surface area contributed by atoms with Crippen molar-refractivity contribution < 1.29 is 4.79 Å². The van der Waals surface area contributed by atoms with E-state index in [0.717, 1.165) is 31.5 Å². The lowest BCUT2D eigenvalue weighted by molar-refractivity contribution is -0.131. The van der Waals surface area contributed by atoms with Crippen LogP contribution in [0.15, 0.2) is 23.5 Å². The Labute approximate surface area is 203 Å². The third-order valence-electron chi connectivity index (χ3n) is 6.21. The summed E-state index contributed by atoms with van der Waals surface area (Å²) in [6.45, 7) is 9.11. The Morgan fingerprint density at radius 2 is 1.84 bits per heavy atom. The summed E-state index contributed by atoms with van der Waals surface area (Å²) in [5.74, 6) is 2.43. The molecule has 0 unspecified atom stereocenters. The van der Waals surface area contributed by atoms with Gasteiger partial charge in [0.15, 0.2) is 5.96 Å². The van der Waals surface area contributed by atoms with Gasteiger partial charge < -0.3 is 20.4 Å². The van der Waals surface area contributed by atoms with Crippen molar-refractivity contribution in [2.24, 2.45) is 16.3 Å². The Bertz CT molecular complexity index is 701. The van der Waals surface area contributed by atoms with Crippen molar-refractivity contribution >= 4 is 41.8 Å². The first-order valence-electron chi connectivity index (χ1n) is 11.3. The number of guanidine groups is 1. The number of piperazine rings is 1. The molecule has 3 rings (SSSR count). The molecule has 174 valence electrons. The summed E-state index contributed by atoms with van der Waals surface area (Å²) >= 11 is 0. The van der Waals surface area contributed by atoms with Crippen LogP contribution in [-0.4, -0.2) is 73.1 Å². The molecule has 1 aliphatic heterocycles. The van der Waals surface area contributed by atoms with Crippen LogP contribution in [0.4, 0.5) is 5.95 Å². The topological polar surface area (TPSA) is 85.8 Å². The van der Waals surface area contributed by atoms with Crippen LogP contribution in [0.25, 0.3) is 0 Å². The van der Waals surface area contributed by atoms with Crippen LogP contribution in [0.3, 0.4) is 0 Å². The SMILES string of the molecule is CN=C(NCCC(=O)N1CCN(c2ncccn2)CC1)NCC1(CC(C)C)CCC1.I. The smallest absolute Gasteiger partial charge is 0.225 e. The molecule has 31 heavy (non-hydrogen) atoms. The van der Waals surface area contributed by atoms with Gasteiger partial charge in [-0.05, 0) is 36.7 Å². The second-order valence-electron chi connectivity index (χ2n) is 8.97. The van der Waals surface area contributed by atoms with Gasteiger partial charge in [0.25, 0.3) is 0 Å². The highest BCUT2D eigenvalue weighted by molar-refractivity contribution is 14.0. The molecule has 2 heterocycles. The van der Waals surface area contributed by atoms with Crippen LogP contribution in [0, 0.1) is 11.3 Å². The van der Waals surface area contributed by atoms with Crippen molar-refractivity contribution in [2.45, 2.75) is 46.0 Å². The average molecular weight is 543 g/mol. The van der Waals surface area contributed by atoms with E-state index in [9.17, 15) is 4.79 Å². The first-order chi connectivity index (χ1) is 14.5. The highest BCUT2D eigenvalue weighted by Crippen LogP contribution is 2.45. The maximum Gasteiger partial charge on any atom is 0.225 e. The Hall–Kier alpha value is -1.65. The molecule has 0 bridgehead atoms. The molecule has 1 saturated carbocycles. The number of amides is 1. The van der Waals surface area contributed by atoms with Gasteiger partial charge in [-0.3, -0.25) is 9.79 Å². The maximum absolute atomic E-state index is 12.6. The minimum Gasteiger partial charge on any atom is -0.356 e. The maximum atomic E-state index is 12.6. The fourth-order valence-corrected chi connectivity index (χ4v) is 4.54. The summed E-state index contributed by atoms with van der Waals surface area (Å²) in [5, 5.41) is 6.80. The summed E-state index contributed by atoms with van der Waals surface area (Å²) in [4.78, 5) is 29.6. The fourth-order valence-electron chi connectivity index (χ4n) is 4.54. The molecule has 8 nitrogen and oxygen atoms in total. The van der Waals surface area contributed by atoms with Crippen molar-refractivity contribution in [3.63, 3.8) is 0 Å². The highest BCUT2D eigenvalue weighted by Gasteiger charge is 2.37. The number of rotatable bonds is 8. The van der Waals surface area contributed by atoms with Gasteiger partial charge >= 0.3 is 0 Å². The van der Waals surface area contributed by atoms with Crippen LogP contribution in [-0.2, 0) is 4.79 Å². The molecule has 2 aliphatic rings. The molecule has 0 aromatic carbocycles. The molecule has 0 radical (unpaired) electrons. The van der Waals surface area contributed by atoms with Gasteiger partial charge in [0, 0.05) is 65.1 Å². The second kappa shape index (κ2) is 12.4. The van der Waals surface area contributed by atoms with Gasteiger partial charge in [0.1, 0.15) is 0 Å². The van der Waals surface area contributed by atoms with E-state index in [-0.39, 0.29) is 29.9 Å². The van der Waals surface area contributed by atoms with Gasteiger partial charge in [0.05, 0.1) is 0 Å². The van der Waals surface area contributed by atoms with Gasteiger partial charge in [-0.25, -0.2) is 9.97 Å². The highest BCUT2D eigenvalue weighted by atomic mass is 127. The number of nitrogens with one attached hydrogen (secondary N) is 2. The van der Waals surface area contributed by atoms with Crippen LogP contribution >= 0.6 is 24.0 Å². The van der Waals surface area contributed by atoms with Crippen LogP contribution in [0.2, 0.25) is 0 Å². The number of hydrogen-bond acceptors (Lipinski definition) is 5. The molecule has 0 spiro atoms. The minimum atomic E-state index is 0. The third-order valence-corrected chi connectivity index (χ3v) is 6.21. The van der Waals surface area contributed by atoms with Gasteiger partial charge in [-0.15, -0.1) is 24.0 Å². The van der Waals surface area contributed by atoms with Crippen molar-refractivity contribution in [1.29, 1.82) is 0 Å². The third kappa shape index (κ3) is 7.47. The number of anilines is 1. The van der Waals surface area contributed by atoms with Crippen LogP contribution < -0.4 is 15.5 Å². The monoisotopic (exact) mass is 543 g/mol. The van der Waals surface area contributed by atoms with Gasteiger partial charge in [0.2, 0.25) is 11.9 Å². The minimum absolute atomic E-state index is 0. The molecular formula is C22H38IN7O. The zero-order valence-electron chi connectivity index (χ0n) is 19.1. The Morgan fingerprint density at radius 3 is 2.39 bits per heavy atom. The van der Waals surface area contributed by atoms with E-state index in [0.29, 0.717) is 37.4 Å². The second-order valence-corrected chi connectivity index (χ2v) is 8.97. The Kier molecular flexibility index (Phi) is 10.2. The van der Waals surface area contributed by atoms with Crippen molar-refractivity contribution in [3.8, 4) is 0 Å². The van der Waals surface area contributed by atoms with E-state index in [4.69, 9.17) is 0 Å². The summed E-state index contributed by atoms with van der Waals surface area (Å²) in [6.07, 6.45) is 9.17. The van der Waals surface area contributed by atoms with Crippen LogP contribution in [0.5, 0.6) is 0 Å². The Morgan fingerprint density at radius 1 is 1.16 bits per heavy atom. The molecule has 2 N–H and O–H groups in total. The largest absolute Gasteiger partial charge is 0.356 e. The first kappa shape index (κ1) is 25.6. The predicted molar refractivity (Wildman–Crippen MR) is 136 cm³/mol. The number of aliphatic imine (C=N–C) groups is 1. The first-order valence-corrected chi connectivity index (χ1v) is 11.3. The van der Waals surface area contributed by atoms with E-state index in [2.05, 4.69) is 44.3 Å². The van der Waals surface area contributed by atoms with E-state index >= 15 is 0 Å². The van der Waals surface area contributed by atoms with Crippen molar-refractivity contribution in [1.82, 2.24) is 25.5 Å². The van der Waals surface area contributed by atoms with Crippen LogP contribution in [0.1, 0.15) is 46.0 Å². The predicted octanol–water partition coefficient (Wildman–Crippen LogP) is 2.51. The van der Waals surface area contributed by atoms with E-state index in [1.54, 1.807) is 19.4 Å². The zero-order valence-corrected chi connectivity index (χ0v) is 21.5. The fraction of sp³-hybridized carbons (Fsp3) is 0.727. The number of carbonyl (C=O) groups is 1. The number of aromatic nitrogens is 2. The Balaban J connectivity index is 0.00000341. The normalized spacial score (nSPS) is 18.3. The summed E-state index contributed by atoms with van der Waals surface area (Å²) < 4.78 is 0. The quantitative estimate of drug-likeness (QED) is 0.298. The molecule has 1 saturated heterocycles. The lowest BCUT2D eigenvalue weighted by Crippen LogP contribution is -2.50. The molecule has 1 aliphatic carbocycles. The molecule has 1 amide bonds. The summed E-state index contributed by atoms with van der Waals surface area (Å²) in [5.41, 5.74) is 0.420. The van der Waals surface area contributed by atoms with Gasteiger partial charge in [-0.2, -0.15) is 0 Å². The number of hydrogen-bond donors (Lipinski definition) is 2. The molecule has 0 atom stereocenters. The number of halogens is 1. The molecule has 1 aromatic rings. The number of nitrogens with zero attached hydrogens (tertiary/aromatic N) is 5. The molecule has 1 aromatic heterocycles.